The number of anilines is 1. The monoisotopic (exact) mass is 346 g/mol. The average Bonchev–Trinajstić information content (AvgIpc) is 2.80. The summed E-state index contributed by atoms with van der Waals surface area (Å²) < 4.78 is 14.9. The summed E-state index contributed by atoms with van der Waals surface area (Å²) in [6.45, 7) is 4.52. The van der Waals surface area contributed by atoms with Crippen molar-refractivity contribution in [3.05, 3.63) is 47.0 Å². The van der Waals surface area contributed by atoms with E-state index in [9.17, 15) is 9.18 Å². The smallest absolute Gasteiger partial charge is 0.243 e. The highest BCUT2D eigenvalue weighted by molar-refractivity contribution is 5.94. The van der Waals surface area contributed by atoms with Crippen molar-refractivity contribution in [1.82, 2.24) is 20.4 Å². The Morgan fingerprint density at radius 1 is 1.32 bits per heavy atom. The number of guanidine groups is 1. The van der Waals surface area contributed by atoms with Crippen LogP contribution in [0.5, 0.6) is 0 Å². The fourth-order valence-corrected chi connectivity index (χ4v) is 2.40. The Balaban J connectivity index is 1.84. The summed E-state index contributed by atoms with van der Waals surface area (Å²) >= 11 is 0. The third-order valence-corrected chi connectivity index (χ3v) is 3.84. The topological polar surface area (TPSA) is 83.3 Å². The maximum absolute atomic E-state index is 13.1. The van der Waals surface area contributed by atoms with Gasteiger partial charge in [-0.05, 0) is 32.0 Å². The lowest BCUT2D eigenvalue weighted by Crippen LogP contribution is -2.41. The molecule has 1 heterocycles. The largest absolute Gasteiger partial charge is 0.352 e. The van der Waals surface area contributed by atoms with Crippen molar-refractivity contribution in [2.45, 2.75) is 20.4 Å². The summed E-state index contributed by atoms with van der Waals surface area (Å²) in [6, 6.07) is 5.75. The van der Waals surface area contributed by atoms with Crippen molar-refractivity contribution in [3.8, 4) is 0 Å². The SMILES string of the molecule is CN=C(NCC(=O)Nc1cccc(F)c1)NCc1c(C)nn(C)c1C. The number of nitrogens with one attached hydrogen (secondary N) is 3. The molecule has 0 spiro atoms. The van der Waals surface area contributed by atoms with E-state index in [4.69, 9.17) is 0 Å². The molecule has 25 heavy (non-hydrogen) atoms. The van der Waals surface area contributed by atoms with E-state index in [1.54, 1.807) is 13.1 Å². The Morgan fingerprint density at radius 2 is 2.08 bits per heavy atom. The van der Waals surface area contributed by atoms with Crippen LogP contribution >= 0.6 is 0 Å². The number of nitrogens with zero attached hydrogens (tertiary/aromatic N) is 3. The van der Waals surface area contributed by atoms with Crippen LogP contribution in [0.1, 0.15) is 17.0 Å². The van der Waals surface area contributed by atoms with Crippen molar-refractivity contribution < 1.29 is 9.18 Å². The third kappa shape index (κ3) is 5.03. The van der Waals surface area contributed by atoms with Gasteiger partial charge in [-0.3, -0.25) is 14.5 Å². The van der Waals surface area contributed by atoms with E-state index in [0.717, 1.165) is 17.0 Å². The van der Waals surface area contributed by atoms with Crippen LogP contribution in [0.3, 0.4) is 0 Å². The molecule has 1 aromatic carbocycles. The van der Waals surface area contributed by atoms with Crippen LogP contribution in [-0.4, -0.2) is 35.2 Å². The van der Waals surface area contributed by atoms with E-state index in [0.29, 0.717) is 18.2 Å². The normalized spacial score (nSPS) is 11.3. The second-order valence-corrected chi connectivity index (χ2v) is 5.61. The molecule has 3 N–H and O–H groups in total. The summed E-state index contributed by atoms with van der Waals surface area (Å²) in [5, 5.41) is 13.1. The van der Waals surface area contributed by atoms with Gasteiger partial charge >= 0.3 is 0 Å². The zero-order chi connectivity index (χ0) is 18.4. The van der Waals surface area contributed by atoms with Gasteiger partial charge in [-0.15, -0.1) is 0 Å². The summed E-state index contributed by atoms with van der Waals surface area (Å²) in [7, 11) is 3.53. The van der Waals surface area contributed by atoms with Gasteiger partial charge in [0.25, 0.3) is 0 Å². The van der Waals surface area contributed by atoms with Crippen molar-refractivity contribution in [3.63, 3.8) is 0 Å². The molecule has 0 radical (unpaired) electrons. The molecule has 0 saturated carbocycles. The molecule has 0 aliphatic heterocycles. The van der Waals surface area contributed by atoms with Gasteiger partial charge in [-0.1, -0.05) is 6.07 Å². The van der Waals surface area contributed by atoms with Crippen molar-refractivity contribution in [2.24, 2.45) is 12.0 Å². The van der Waals surface area contributed by atoms with Crippen LogP contribution in [0.4, 0.5) is 10.1 Å². The first-order chi connectivity index (χ1) is 11.9. The van der Waals surface area contributed by atoms with Gasteiger partial charge in [-0.25, -0.2) is 4.39 Å². The maximum atomic E-state index is 13.1. The minimum Gasteiger partial charge on any atom is -0.352 e. The van der Waals surface area contributed by atoms with Gasteiger partial charge in [0.2, 0.25) is 5.91 Å². The van der Waals surface area contributed by atoms with E-state index in [1.807, 2.05) is 25.6 Å². The second kappa shape index (κ2) is 8.27. The molecule has 2 rings (SSSR count). The molecular formula is C17H23FN6O. The molecule has 0 aliphatic rings. The van der Waals surface area contributed by atoms with Crippen LogP contribution in [-0.2, 0) is 18.4 Å². The predicted molar refractivity (Wildman–Crippen MR) is 95.9 cm³/mol. The van der Waals surface area contributed by atoms with Gasteiger partial charge in [0.15, 0.2) is 5.96 Å². The molecule has 0 atom stereocenters. The molecule has 1 aromatic heterocycles. The fourth-order valence-electron chi connectivity index (χ4n) is 2.40. The second-order valence-electron chi connectivity index (χ2n) is 5.61. The molecule has 1 amide bonds. The fraction of sp³-hybridized carbons (Fsp3) is 0.353. The van der Waals surface area contributed by atoms with E-state index in [2.05, 4.69) is 26.0 Å². The van der Waals surface area contributed by atoms with Crippen molar-refractivity contribution in [2.75, 3.05) is 18.9 Å². The van der Waals surface area contributed by atoms with Gasteiger partial charge in [-0.2, -0.15) is 5.10 Å². The number of rotatable bonds is 5. The summed E-state index contributed by atoms with van der Waals surface area (Å²) in [4.78, 5) is 16.0. The van der Waals surface area contributed by atoms with Gasteiger partial charge in [0, 0.05) is 37.6 Å². The highest BCUT2D eigenvalue weighted by Gasteiger charge is 2.10. The highest BCUT2D eigenvalue weighted by Crippen LogP contribution is 2.11. The number of aliphatic imine (C=N–C) groups is 1. The first kappa shape index (κ1) is 18.4. The molecule has 0 unspecified atom stereocenters. The number of carbonyl (C=O) groups is 1. The van der Waals surface area contributed by atoms with Crippen LogP contribution in [0.15, 0.2) is 29.3 Å². The minimum atomic E-state index is -0.398. The zero-order valence-electron chi connectivity index (χ0n) is 14.9. The summed E-state index contributed by atoms with van der Waals surface area (Å²) in [6.07, 6.45) is 0. The summed E-state index contributed by atoms with van der Waals surface area (Å²) in [5.41, 5.74) is 3.53. The highest BCUT2D eigenvalue weighted by atomic mass is 19.1. The molecule has 2 aromatic rings. The lowest BCUT2D eigenvalue weighted by molar-refractivity contribution is -0.115. The Morgan fingerprint density at radius 3 is 2.68 bits per heavy atom. The molecular weight excluding hydrogens is 323 g/mol. The lowest BCUT2D eigenvalue weighted by Gasteiger charge is -2.12. The Labute approximate surface area is 146 Å². The predicted octanol–water partition coefficient (Wildman–Crippen LogP) is 1.48. The third-order valence-electron chi connectivity index (χ3n) is 3.84. The van der Waals surface area contributed by atoms with Crippen LogP contribution in [0.2, 0.25) is 0 Å². The Bertz CT molecular complexity index is 783. The number of hydrogen-bond acceptors (Lipinski definition) is 3. The Kier molecular flexibility index (Phi) is 6.10. The average molecular weight is 346 g/mol. The van der Waals surface area contributed by atoms with Crippen molar-refractivity contribution >= 4 is 17.6 Å². The number of aryl methyl sites for hydroxylation is 2. The zero-order valence-corrected chi connectivity index (χ0v) is 14.9. The molecule has 0 saturated heterocycles. The van der Waals surface area contributed by atoms with Crippen LogP contribution in [0, 0.1) is 19.7 Å². The first-order valence-electron chi connectivity index (χ1n) is 7.89. The number of benzene rings is 1. The molecule has 0 fully saturated rings. The molecule has 134 valence electrons. The lowest BCUT2D eigenvalue weighted by atomic mass is 10.2. The van der Waals surface area contributed by atoms with Gasteiger partial charge in [0.1, 0.15) is 5.82 Å². The van der Waals surface area contributed by atoms with Crippen LogP contribution in [0.25, 0.3) is 0 Å². The first-order valence-corrected chi connectivity index (χ1v) is 7.89. The number of halogens is 1. The number of amides is 1. The summed E-state index contributed by atoms with van der Waals surface area (Å²) in [5.74, 6) is -0.190. The Hall–Kier alpha value is -2.90. The molecule has 0 bridgehead atoms. The minimum absolute atomic E-state index is 0.0151. The van der Waals surface area contributed by atoms with E-state index in [1.165, 1.54) is 18.2 Å². The van der Waals surface area contributed by atoms with E-state index in [-0.39, 0.29) is 12.5 Å². The number of aromatic nitrogens is 2. The molecule has 7 nitrogen and oxygen atoms in total. The molecule has 0 aliphatic carbocycles. The van der Waals surface area contributed by atoms with Crippen molar-refractivity contribution in [1.29, 1.82) is 0 Å². The number of hydrogen-bond donors (Lipinski definition) is 3. The maximum Gasteiger partial charge on any atom is 0.243 e. The number of carbonyl (C=O) groups excluding carboxylic acids is 1. The van der Waals surface area contributed by atoms with Gasteiger partial charge < -0.3 is 16.0 Å². The van der Waals surface area contributed by atoms with Crippen LogP contribution < -0.4 is 16.0 Å². The standard InChI is InChI=1S/C17H23FN6O/c1-11-15(12(2)24(4)23-11)9-20-17(19-3)21-10-16(25)22-14-7-5-6-13(18)8-14/h5-8H,9-10H2,1-4H3,(H,22,25)(H2,19,20,21). The van der Waals surface area contributed by atoms with Gasteiger partial charge in [0.05, 0.1) is 12.2 Å². The molecule has 8 heteroatoms. The quantitative estimate of drug-likeness (QED) is 0.566. The van der Waals surface area contributed by atoms with E-state index >= 15 is 0 Å². The van der Waals surface area contributed by atoms with E-state index < -0.39 is 5.82 Å².